The van der Waals surface area contributed by atoms with E-state index in [9.17, 15) is 18.0 Å². The molecule has 0 aromatic heterocycles. The van der Waals surface area contributed by atoms with Gasteiger partial charge in [0.25, 0.3) is 5.72 Å². The summed E-state index contributed by atoms with van der Waals surface area (Å²) in [5.41, 5.74) is -1.53. The van der Waals surface area contributed by atoms with Crippen LogP contribution in [-0.4, -0.2) is 17.7 Å². The minimum Gasteiger partial charge on any atom is -0.299 e. The molecule has 1 heterocycles. The van der Waals surface area contributed by atoms with Crippen molar-refractivity contribution in [2.45, 2.75) is 45.5 Å². The first-order chi connectivity index (χ1) is 8.08. The topological polar surface area (TPSA) is 51.5 Å². The molecule has 2 saturated carbocycles. The summed E-state index contributed by atoms with van der Waals surface area (Å²) >= 11 is 0. The van der Waals surface area contributed by atoms with E-state index in [1.807, 2.05) is 19.3 Å². The van der Waals surface area contributed by atoms with Crippen LogP contribution in [0.15, 0.2) is 0 Å². The van der Waals surface area contributed by atoms with Crippen molar-refractivity contribution in [1.29, 1.82) is 0 Å². The molecule has 2 bridgehead atoms. The molecule has 4 atom stereocenters. The summed E-state index contributed by atoms with van der Waals surface area (Å²) in [7, 11) is 0. The summed E-state index contributed by atoms with van der Waals surface area (Å²) in [5, 5.41) is 0. The Morgan fingerprint density at radius 1 is 1.33 bits per heavy atom. The molecule has 3 unspecified atom stereocenters. The number of alkyl halides is 3. The van der Waals surface area contributed by atoms with Gasteiger partial charge >= 0.3 is 6.18 Å². The van der Waals surface area contributed by atoms with Gasteiger partial charge in [0.05, 0.1) is 5.92 Å². The van der Waals surface area contributed by atoms with Crippen LogP contribution in [0, 0.1) is 22.7 Å². The molecular formula is C12H16F3NO2. The second-order valence-corrected chi connectivity index (χ2v) is 6.48. The van der Waals surface area contributed by atoms with Crippen LogP contribution in [0.25, 0.3) is 0 Å². The molecule has 18 heavy (non-hydrogen) atoms. The molecule has 3 nitrogen and oxygen atoms in total. The van der Waals surface area contributed by atoms with Crippen LogP contribution in [0.3, 0.4) is 0 Å². The Balaban J connectivity index is 2.05. The van der Waals surface area contributed by atoms with Gasteiger partial charge in [-0.3, -0.25) is 9.63 Å². The van der Waals surface area contributed by atoms with Crippen molar-refractivity contribution in [3.63, 3.8) is 0 Å². The lowest BCUT2D eigenvalue weighted by molar-refractivity contribution is -0.205. The number of fused-ring (bicyclic) bond motifs is 2. The van der Waals surface area contributed by atoms with Crippen molar-refractivity contribution in [2.24, 2.45) is 22.7 Å². The van der Waals surface area contributed by atoms with Crippen LogP contribution in [0.4, 0.5) is 13.2 Å². The fraction of sp³-hybridized carbons (Fsp3) is 0.917. The first-order valence-electron chi connectivity index (χ1n) is 6.14. The van der Waals surface area contributed by atoms with Gasteiger partial charge in [-0.2, -0.15) is 18.7 Å². The largest absolute Gasteiger partial charge is 0.435 e. The van der Waals surface area contributed by atoms with Crippen molar-refractivity contribution in [3.05, 3.63) is 0 Å². The standard InChI is InChI=1S/C12H16F3NO2/c1-9(2)6-4-5-10(9,3)8(17)7(6)11(16-18-11)12(13,14)15/h6-7,16H,4-5H2,1-3H3/t6?,7?,10?,11-/m1/s1. The monoisotopic (exact) mass is 263 g/mol. The fourth-order valence-corrected chi connectivity index (χ4v) is 4.03. The highest BCUT2D eigenvalue weighted by atomic mass is 19.4. The van der Waals surface area contributed by atoms with Crippen LogP contribution in [0.1, 0.15) is 33.6 Å². The lowest BCUT2D eigenvalue weighted by atomic mass is 9.70. The van der Waals surface area contributed by atoms with Crippen molar-refractivity contribution < 1.29 is 22.8 Å². The predicted octanol–water partition coefficient (Wildman–Crippen LogP) is 2.42. The maximum Gasteiger partial charge on any atom is 0.435 e. The Kier molecular flexibility index (Phi) is 2.02. The Bertz CT molecular complexity index is 428. The van der Waals surface area contributed by atoms with Gasteiger partial charge in [0.15, 0.2) is 0 Å². The van der Waals surface area contributed by atoms with Gasteiger partial charge in [0, 0.05) is 5.41 Å². The molecule has 102 valence electrons. The number of hydroxylamine groups is 1. The molecule has 0 amide bonds. The van der Waals surface area contributed by atoms with Gasteiger partial charge in [-0.25, -0.2) is 0 Å². The molecule has 0 radical (unpaired) electrons. The minimum atomic E-state index is -4.55. The first kappa shape index (κ1) is 12.4. The maximum atomic E-state index is 13.1. The van der Waals surface area contributed by atoms with Crippen molar-refractivity contribution in [2.75, 3.05) is 0 Å². The molecule has 1 saturated heterocycles. The number of hydrogen-bond acceptors (Lipinski definition) is 3. The van der Waals surface area contributed by atoms with Gasteiger partial charge in [0.1, 0.15) is 5.78 Å². The molecule has 0 spiro atoms. The number of Topliss-reactive ketones (excluding diaryl/α,β-unsaturated/α-hetero) is 1. The number of hydrogen-bond donors (Lipinski definition) is 1. The molecular weight excluding hydrogens is 247 g/mol. The Hall–Kier alpha value is -0.620. The fourth-order valence-electron chi connectivity index (χ4n) is 4.03. The maximum absolute atomic E-state index is 13.1. The lowest BCUT2D eigenvalue weighted by Crippen LogP contribution is -2.49. The zero-order chi connectivity index (χ0) is 13.6. The Labute approximate surface area is 103 Å². The van der Waals surface area contributed by atoms with E-state index in [2.05, 4.69) is 4.84 Å². The summed E-state index contributed by atoms with van der Waals surface area (Å²) in [6.45, 7) is 5.59. The third-order valence-corrected chi connectivity index (χ3v) is 5.71. The summed E-state index contributed by atoms with van der Waals surface area (Å²) in [6.07, 6.45) is -3.22. The van der Waals surface area contributed by atoms with E-state index < -0.39 is 28.6 Å². The second kappa shape index (κ2) is 2.93. The third-order valence-electron chi connectivity index (χ3n) is 5.71. The van der Waals surface area contributed by atoms with E-state index in [4.69, 9.17) is 0 Å². The highest BCUT2D eigenvalue weighted by Crippen LogP contribution is 2.69. The molecule has 6 heteroatoms. The summed E-state index contributed by atoms with van der Waals surface area (Å²) < 4.78 is 39.2. The minimum absolute atomic E-state index is 0.272. The number of nitrogens with one attached hydrogen (secondary N) is 1. The highest BCUT2D eigenvalue weighted by Gasteiger charge is 2.81. The van der Waals surface area contributed by atoms with Crippen LogP contribution in [-0.2, 0) is 9.63 Å². The average Bonchev–Trinajstić information content (AvgIpc) is 2.95. The van der Waals surface area contributed by atoms with Gasteiger partial charge in [-0.05, 0) is 24.2 Å². The molecule has 0 aromatic rings. The number of ketones is 1. The summed E-state index contributed by atoms with van der Waals surface area (Å²) in [6, 6.07) is 0. The van der Waals surface area contributed by atoms with E-state index in [0.29, 0.717) is 12.8 Å². The van der Waals surface area contributed by atoms with E-state index in [1.54, 1.807) is 6.92 Å². The van der Waals surface area contributed by atoms with Gasteiger partial charge in [0.2, 0.25) is 0 Å². The molecule has 1 aliphatic heterocycles. The van der Waals surface area contributed by atoms with Crippen LogP contribution in [0.5, 0.6) is 0 Å². The zero-order valence-corrected chi connectivity index (χ0v) is 10.5. The normalized spacial score (nSPS) is 49.8. The Morgan fingerprint density at radius 2 is 1.89 bits per heavy atom. The smallest absolute Gasteiger partial charge is 0.299 e. The second-order valence-electron chi connectivity index (χ2n) is 6.48. The zero-order valence-electron chi connectivity index (χ0n) is 10.5. The molecule has 3 fully saturated rings. The van der Waals surface area contributed by atoms with Crippen LogP contribution in [0.2, 0.25) is 0 Å². The number of halogens is 3. The quantitative estimate of drug-likeness (QED) is 0.739. The summed E-state index contributed by atoms with van der Waals surface area (Å²) in [4.78, 5) is 16.9. The van der Waals surface area contributed by atoms with Gasteiger partial charge < -0.3 is 0 Å². The van der Waals surface area contributed by atoms with Gasteiger partial charge in [-0.15, -0.1) is 0 Å². The van der Waals surface area contributed by atoms with E-state index >= 15 is 0 Å². The molecule has 3 aliphatic rings. The first-order valence-corrected chi connectivity index (χ1v) is 6.14. The Morgan fingerprint density at radius 3 is 2.22 bits per heavy atom. The molecule has 0 aromatic carbocycles. The van der Waals surface area contributed by atoms with Crippen molar-refractivity contribution >= 4 is 5.78 Å². The lowest BCUT2D eigenvalue weighted by Gasteiger charge is -2.32. The van der Waals surface area contributed by atoms with E-state index in [1.165, 1.54) is 0 Å². The van der Waals surface area contributed by atoms with Gasteiger partial charge in [-0.1, -0.05) is 20.8 Å². The van der Waals surface area contributed by atoms with E-state index in [0.717, 1.165) is 0 Å². The molecule has 3 rings (SSSR count). The predicted molar refractivity (Wildman–Crippen MR) is 56.1 cm³/mol. The highest BCUT2D eigenvalue weighted by molar-refractivity contribution is 5.93. The average molecular weight is 263 g/mol. The molecule has 2 aliphatic carbocycles. The van der Waals surface area contributed by atoms with E-state index in [-0.39, 0.29) is 11.7 Å². The van der Waals surface area contributed by atoms with Crippen LogP contribution < -0.4 is 5.48 Å². The molecule has 1 N–H and O–H groups in total. The number of rotatable bonds is 1. The third kappa shape index (κ3) is 1.08. The number of carbonyl (C=O) groups excluding carboxylic acids is 1. The number of carbonyl (C=O) groups is 1. The van der Waals surface area contributed by atoms with Crippen molar-refractivity contribution in [1.82, 2.24) is 5.48 Å². The van der Waals surface area contributed by atoms with Crippen LogP contribution >= 0.6 is 0 Å². The van der Waals surface area contributed by atoms with Crippen molar-refractivity contribution in [3.8, 4) is 0 Å². The summed E-state index contributed by atoms with van der Waals surface area (Å²) in [5.74, 6) is -1.68. The SMILES string of the molecule is CC12CCC(C([C@@]3(C(F)(F)F)NO3)C1=O)C2(C)C.